The molecular formula is C16H16Br2ClNO. The van der Waals surface area contributed by atoms with Gasteiger partial charge in [0.15, 0.2) is 5.78 Å². The summed E-state index contributed by atoms with van der Waals surface area (Å²) in [5, 5.41) is -0.524. The first-order valence-electron chi connectivity index (χ1n) is 6.57. The Morgan fingerprint density at radius 3 is 2.14 bits per heavy atom. The molecule has 2 rings (SSSR count). The zero-order chi connectivity index (χ0) is 15.9. The first-order valence-corrected chi connectivity index (χ1v) is 8.59. The summed E-state index contributed by atoms with van der Waals surface area (Å²) in [6, 6.07) is 6.02. The Labute approximate surface area is 146 Å². The molecule has 0 spiro atoms. The number of aromatic nitrogens is 1. The van der Waals surface area contributed by atoms with E-state index in [4.69, 9.17) is 11.6 Å². The van der Waals surface area contributed by atoms with Gasteiger partial charge in [-0.15, -0.1) is 11.6 Å². The largest absolute Gasteiger partial charge is 0.316 e. The van der Waals surface area contributed by atoms with E-state index in [0.717, 1.165) is 31.6 Å². The van der Waals surface area contributed by atoms with Crippen molar-refractivity contribution >= 4 is 49.2 Å². The molecule has 1 unspecified atom stereocenters. The fourth-order valence-electron chi connectivity index (χ4n) is 2.48. The predicted molar refractivity (Wildman–Crippen MR) is 95.0 cm³/mol. The molecule has 0 fully saturated rings. The molecule has 1 atom stereocenters. The van der Waals surface area contributed by atoms with Crippen molar-refractivity contribution in [1.29, 1.82) is 0 Å². The second-order valence-corrected chi connectivity index (χ2v) is 7.54. The number of aryl methyl sites for hydroxylation is 2. The van der Waals surface area contributed by atoms with Crippen molar-refractivity contribution < 1.29 is 4.79 Å². The average molecular weight is 434 g/mol. The third kappa shape index (κ3) is 3.13. The standard InChI is InChI=1S/C16H16Br2ClNO/c1-8-5-13(17)15(14(18)6-8)20-9(2)7-12(11(20)4)16(21)10(3)19/h5-7,10H,1-4H3. The summed E-state index contributed by atoms with van der Waals surface area (Å²) in [5.74, 6) is -0.0460. The zero-order valence-corrected chi connectivity index (χ0v) is 16.2. The van der Waals surface area contributed by atoms with Gasteiger partial charge in [-0.25, -0.2) is 0 Å². The van der Waals surface area contributed by atoms with Gasteiger partial charge in [-0.2, -0.15) is 0 Å². The number of carbonyl (C=O) groups excluding carboxylic acids is 1. The van der Waals surface area contributed by atoms with Gasteiger partial charge >= 0.3 is 0 Å². The Bertz CT molecular complexity index is 696. The number of hydrogen-bond acceptors (Lipinski definition) is 1. The molecule has 0 aliphatic heterocycles. The fourth-order valence-corrected chi connectivity index (χ4v) is 4.36. The van der Waals surface area contributed by atoms with E-state index in [-0.39, 0.29) is 5.78 Å². The summed E-state index contributed by atoms with van der Waals surface area (Å²) in [6.07, 6.45) is 0. The van der Waals surface area contributed by atoms with Crippen LogP contribution in [0.2, 0.25) is 0 Å². The fraction of sp³-hybridized carbons (Fsp3) is 0.312. The normalized spacial score (nSPS) is 12.5. The molecule has 1 heterocycles. The number of rotatable bonds is 3. The van der Waals surface area contributed by atoms with Crippen LogP contribution in [0.3, 0.4) is 0 Å². The lowest BCUT2D eigenvalue weighted by Crippen LogP contribution is -2.12. The summed E-state index contributed by atoms with van der Waals surface area (Å²) in [5.41, 5.74) is 4.73. The molecule has 1 aromatic carbocycles. The van der Waals surface area contributed by atoms with Gasteiger partial charge in [0.05, 0.1) is 11.1 Å². The molecule has 0 radical (unpaired) electrons. The summed E-state index contributed by atoms with van der Waals surface area (Å²) in [6.45, 7) is 7.67. The Morgan fingerprint density at radius 2 is 1.67 bits per heavy atom. The van der Waals surface area contributed by atoms with Crippen molar-refractivity contribution in [3.63, 3.8) is 0 Å². The maximum atomic E-state index is 12.2. The highest BCUT2D eigenvalue weighted by molar-refractivity contribution is 9.11. The smallest absolute Gasteiger partial charge is 0.182 e. The molecule has 0 aliphatic rings. The number of benzene rings is 1. The van der Waals surface area contributed by atoms with E-state index in [9.17, 15) is 4.79 Å². The minimum Gasteiger partial charge on any atom is -0.316 e. The highest BCUT2D eigenvalue weighted by atomic mass is 79.9. The predicted octanol–water partition coefficient (Wildman–Crippen LogP) is 5.74. The minimum atomic E-state index is -0.524. The molecule has 0 aliphatic carbocycles. The molecule has 2 aromatic rings. The number of ketones is 1. The van der Waals surface area contributed by atoms with Gasteiger partial charge < -0.3 is 4.57 Å². The summed E-state index contributed by atoms with van der Waals surface area (Å²) in [4.78, 5) is 12.2. The third-order valence-corrected chi connectivity index (χ3v) is 4.85. The van der Waals surface area contributed by atoms with Crippen LogP contribution in [-0.4, -0.2) is 15.7 Å². The van der Waals surface area contributed by atoms with E-state index in [0.29, 0.717) is 5.56 Å². The van der Waals surface area contributed by atoms with Gasteiger partial charge in [-0.3, -0.25) is 4.79 Å². The number of hydrogen-bond donors (Lipinski definition) is 0. The van der Waals surface area contributed by atoms with Crippen molar-refractivity contribution in [1.82, 2.24) is 4.57 Å². The summed E-state index contributed by atoms with van der Waals surface area (Å²) < 4.78 is 4.03. The molecule has 112 valence electrons. The van der Waals surface area contributed by atoms with Crippen LogP contribution < -0.4 is 0 Å². The van der Waals surface area contributed by atoms with Crippen LogP contribution in [0.15, 0.2) is 27.1 Å². The molecule has 1 aromatic heterocycles. The molecule has 0 saturated carbocycles. The topological polar surface area (TPSA) is 22.0 Å². The molecule has 0 saturated heterocycles. The second-order valence-electron chi connectivity index (χ2n) is 5.18. The van der Waals surface area contributed by atoms with E-state index in [2.05, 4.69) is 48.6 Å². The first-order chi connectivity index (χ1) is 9.73. The Balaban J connectivity index is 2.70. The molecule has 21 heavy (non-hydrogen) atoms. The van der Waals surface area contributed by atoms with Crippen molar-refractivity contribution in [3.05, 3.63) is 49.7 Å². The molecule has 2 nitrogen and oxygen atoms in total. The van der Waals surface area contributed by atoms with Crippen LogP contribution in [0.4, 0.5) is 0 Å². The van der Waals surface area contributed by atoms with E-state index in [1.54, 1.807) is 6.92 Å². The highest BCUT2D eigenvalue weighted by Crippen LogP contribution is 2.34. The second kappa shape index (κ2) is 6.27. The van der Waals surface area contributed by atoms with E-state index in [1.165, 1.54) is 0 Å². The lowest BCUT2D eigenvalue weighted by Gasteiger charge is -2.15. The Morgan fingerprint density at radius 1 is 1.14 bits per heavy atom. The van der Waals surface area contributed by atoms with Gasteiger partial charge in [-0.05, 0) is 83.3 Å². The van der Waals surface area contributed by atoms with Crippen molar-refractivity contribution in [2.45, 2.75) is 33.1 Å². The lowest BCUT2D eigenvalue weighted by molar-refractivity contribution is 0.0991. The van der Waals surface area contributed by atoms with Gasteiger partial charge in [-0.1, -0.05) is 0 Å². The lowest BCUT2D eigenvalue weighted by atomic mass is 10.1. The monoisotopic (exact) mass is 431 g/mol. The minimum absolute atomic E-state index is 0.0460. The van der Waals surface area contributed by atoms with Crippen molar-refractivity contribution in [2.75, 3.05) is 0 Å². The van der Waals surface area contributed by atoms with Gasteiger partial charge in [0.2, 0.25) is 0 Å². The van der Waals surface area contributed by atoms with Crippen LogP contribution >= 0.6 is 43.5 Å². The van der Waals surface area contributed by atoms with Gasteiger partial charge in [0.1, 0.15) is 0 Å². The maximum Gasteiger partial charge on any atom is 0.182 e. The van der Waals surface area contributed by atoms with Crippen LogP contribution in [-0.2, 0) is 0 Å². The number of Topliss-reactive ketones (excluding diaryl/α,β-unsaturated/α-hetero) is 1. The third-order valence-electron chi connectivity index (χ3n) is 3.44. The molecule has 0 amide bonds. The number of alkyl halides is 1. The molecular weight excluding hydrogens is 417 g/mol. The zero-order valence-electron chi connectivity index (χ0n) is 12.3. The van der Waals surface area contributed by atoms with Crippen LogP contribution in [0.25, 0.3) is 5.69 Å². The first kappa shape index (κ1) is 16.8. The van der Waals surface area contributed by atoms with Crippen LogP contribution in [0.5, 0.6) is 0 Å². The SMILES string of the molecule is Cc1cc(Br)c(-n2c(C)cc(C(=O)C(C)Cl)c2C)c(Br)c1. The van der Waals surface area contributed by atoms with E-state index < -0.39 is 5.38 Å². The summed E-state index contributed by atoms with van der Waals surface area (Å²) in [7, 11) is 0. The maximum absolute atomic E-state index is 12.2. The Hall–Kier alpha value is -0.580. The average Bonchev–Trinajstić information content (AvgIpc) is 2.64. The van der Waals surface area contributed by atoms with Crippen LogP contribution in [0.1, 0.15) is 34.2 Å². The van der Waals surface area contributed by atoms with E-state index in [1.807, 2.05) is 26.8 Å². The number of nitrogens with zero attached hydrogens (tertiary/aromatic N) is 1. The number of halogens is 3. The van der Waals surface area contributed by atoms with Gasteiger partial charge in [0, 0.05) is 25.9 Å². The van der Waals surface area contributed by atoms with E-state index >= 15 is 0 Å². The highest BCUT2D eigenvalue weighted by Gasteiger charge is 2.21. The van der Waals surface area contributed by atoms with Gasteiger partial charge in [0.25, 0.3) is 0 Å². The molecule has 0 bridgehead atoms. The Kier molecular flexibility index (Phi) is 5.01. The molecule has 0 N–H and O–H groups in total. The van der Waals surface area contributed by atoms with Crippen molar-refractivity contribution in [3.8, 4) is 5.69 Å². The molecule has 5 heteroatoms. The number of carbonyl (C=O) groups is 1. The quantitative estimate of drug-likeness (QED) is 0.447. The van der Waals surface area contributed by atoms with Crippen LogP contribution in [0, 0.1) is 20.8 Å². The van der Waals surface area contributed by atoms with Crippen molar-refractivity contribution in [2.24, 2.45) is 0 Å². The summed E-state index contributed by atoms with van der Waals surface area (Å²) >= 11 is 13.2.